The van der Waals surface area contributed by atoms with Crippen molar-refractivity contribution in [2.45, 2.75) is 32.4 Å². The molecule has 7 nitrogen and oxygen atoms in total. The lowest BCUT2D eigenvalue weighted by Crippen LogP contribution is -2.37. The maximum atomic E-state index is 12.3. The van der Waals surface area contributed by atoms with Crippen LogP contribution < -0.4 is 5.32 Å². The summed E-state index contributed by atoms with van der Waals surface area (Å²) in [6.45, 7) is 2.31. The van der Waals surface area contributed by atoms with Gasteiger partial charge in [-0.05, 0) is 31.0 Å². The second kappa shape index (κ2) is 10.2. The molecule has 0 aliphatic heterocycles. The summed E-state index contributed by atoms with van der Waals surface area (Å²) in [7, 11) is 1.67. The molecule has 2 aromatic rings. The Labute approximate surface area is 158 Å². The Morgan fingerprint density at radius 3 is 2.56 bits per heavy atom. The highest BCUT2D eigenvalue weighted by Crippen LogP contribution is 2.07. The molecule has 7 heteroatoms. The molecule has 0 bridgehead atoms. The van der Waals surface area contributed by atoms with Crippen LogP contribution >= 0.6 is 0 Å². The minimum Gasteiger partial charge on any atom is -0.459 e. The maximum absolute atomic E-state index is 12.3. The van der Waals surface area contributed by atoms with Crippen LogP contribution in [0.1, 0.15) is 35.9 Å². The molecule has 0 saturated heterocycles. The largest absolute Gasteiger partial charge is 0.459 e. The van der Waals surface area contributed by atoms with Crippen molar-refractivity contribution in [1.29, 1.82) is 0 Å². The number of amides is 2. The lowest BCUT2D eigenvalue weighted by atomic mass is 10.2. The van der Waals surface area contributed by atoms with Crippen LogP contribution in [0.15, 0.2) is 53.1 Å². The molecule has 1 aromatic heterocycles. The number of nitrogens with one attached hydrogen (secondary N) is 1. The van der Waals surface area contributed by atoms with Gasteiger partial charge in [-0.1, -0.05) is 30.3 Å². The van der Waals surface area contributed by atoms with Gasteiger partial charge in [0, 0.05) is 26.6 Å². The number of carbonyl (C=O) groups is 3. The van der Waals surface area contributed by atoms with E-state index in [1.54, 1.807) is 26.1 Å². The third-order valence-corrected chi connectivity index (χ3v) is 3.88. The Balaban J connectivity index is 1.66. The molecule has 0 aliphatic rings. The number of hydrogen-bond acceptors (Lipinski definition) is 5. The van der Waals surface area contributed by atoms with Gasteiger partial charge in [-0.3, -0.25) is 14.4 Å². The molecule has 0 spiro atoms. The van der Waals surface area contributed by atoms with Crippen LogP contribution in [0.5, 0.6) is 0 Å². The number of hydrogen-bond donors (Lipinski definition) is 1. The zero-order chi connectivity index (χ0) is 19.6. The van der Waals surface area contributed by atoms with Gasteiger partial charge in [-0.25, -0.2) is 0 Å². The van der Waals surface area contributed by atoms with Crippen molar-refractivity contribution in [3.05, 3.63) is 60.1 Å². The van der Waals surface area contributed by atoms with E-state index >= 15 is 0 Å². The van der Waals surface area contributed by atoms with E-state index in [0.29, 0.717) is 19.5 Å². The Kier molecular flexibility index (Phi) is 7.61. The molecule has 1 aromatic carbocycles. The van der Waals surface area contributed by atoms with Crippen LogP contribution in [0.2, 0.25) is 0 Å². The van der Waals surface area contributed by atoms with E-state index in [9.17, 15) is 14.4 Å². The second-order valence-electron chi connectivity index (χ2n) is 6.15. The fourth-order valence-electron chi connectivity index (χ4n) is 2.48. The SMILES string of the molecule is CC(OC(=O)CCCNC(=O)c1ccco1)C(=O)N(C)Cc1ccccc1. The van der Waals surface area contributed by atoms with E-state index in [1.807, 2.05) is 30.3 Å². The number of nitrogens with zero attached hydrogens (tertiary/aromatic N) is 1. The minimum absolute atomic E-state index is 0.110. The summed E-state index contributed by atoms with van der Waals surface area (Å²) in [4.78, 5) is 37.4. The van der Waals surface area contributed by atoms with E-state index in [1.165, 1.54) is 11.2 Å². The van der Waals surface area contributed by atoms with Crippen molar-refractivity contribution in [2.24, 2.45) is 0 Å². The lowest BCUT2D eigenvalue weighted by molar-refractivity contribution is -0.158. The van der Waals surface area contributed by atoms with Crippen LogP contribution in [0, 0.1) is 0 Å². The molecular formula is C20H24N2O5. The van der Waals surface area contributed by atoms with Gasteiger partial charge in [0.1, 0.15) is 0 Å². The topological polar surface area (TPSA) is 88.8 Å². The Morgan fingerprint density at radius 2 is 1.89 bits per heavy atom. The highest BCUT2D eigenvalue weighted by atomic mass is 16.5. The number of carbonyl (C=O) groups excluding carboxylic acids is 3. The quantitative estimate of drug-likeness (QED) is 0.539. The molecule has 0 fully saturated rings. The van der Waals surface area contributed by atoms with Crippen LogP contribution in [0.3, 0.4) is 0 Å². The standard InChI is InChI=1S/C20H24N2O5/c1-15(20(25)22(2)14-16-8-4-3-5-9-16)27-18(23)11-6-12-21-19(24)17-10-7-13-26-17/h3-5,7-10,13,15H,6,11-12,14H2,1-2H3,(H,21,24). The predicted molar refractivity (Wildman–Crippen MR) is 98.7 cm³/mol. The van der Waals surface area contributed by atoms with Gasteiger partial charge in [0.2, 0.25) is 0 Å². The fraction of sp³-hybridized carbons (Fsp3) is 0.350. The van der Waals surface area contributed by atoms with Gasteiger partial charge in [0.25, 0.3) is 11.8 Å². The first-order valence-corrected chi connectivity index (χ1v) is 8.77. The molecular weight excluding hydrogens is 348 g/mol. The molecule has 1 atom stereocenters. The van der Waals surface area contributed by atoms with Gasteiger partial charge in [0.15, 0.2) is 11.9 Å². The summed E-state index contributed by atoms with van der Waals surface area (Å²) in [5, 5.41) is 2.65. The molecule has 1 N–H and O–H groups in total. The molecule has 2 amide bonds. The molecule has 0 aliphatic carbocycles. The van der Waals surface area contributed by atoms with Crippen molar-refractivity contribution >= 4 is 17.8 Å². The van der Waals surface area contributed by atoms with E-state index in [2.05, 4.69) is 5.32 Å². The van der Waals surface area contributed by atoms with Gasteiger partial charge in [0.05, 0.1) is 6.26 Å². The molecule has 144 valence electrons. The molecule has 0 radical (unpaired) electrons. The van der Waals surface area contributed by atoms with Crippen LogP contribution in [-0.2, 0) is 20.9 Å². The summed E-state index contributed by atoms with van der Waals surface area (Å²) < 4.78 is 10.2. The zero-order valence-electron chi connectivity index (χ0n) is 15.5. The molecule has 1 unspecified atom stereocenters. The van der Waals surface area contributed by atoms with Gasteiger partial charge in [-0.2, -0.15) is 0 Å². The second-order valence-corrected chi connectivity index (χ2v) is 6.15. The average Bonchev–Trinajstić information content (AvgIpc) is 3.20. The van der Waals surface area contributed by atoms with E-state index in [0.717, 1.165) is 5.56 Å². The summed E-state index contributed by atoms with van der Waals surface area (Å²) in [6.07, 6.45) is 1.08. The van der Waals surface area contributed by atoms with Gasteiger partial charge < -0.3 is 19.4 Å². The first-order valence-electron chi connectivity index (χ1n) is 8.77. The number of benzene rings is 1. The van der Waals surface area contributed by atoms with Crippen LogP contribution in [0.25, 0.3) is 0 Å². The van der Waals surface area contributed by atoms with Crippen molar-refractivity contribution in [3.8, 4) is 0 Å². The minimum atomic E-state index is -0.857. The van der Waals surface area contributed by atoms with Crippen molar-refractivity contribution in [1.82, 2.24) is 10.2 Å². The lowest BCUT2D eigenvalue weighted by Gasteiger charge is -2.21. The monoisotopic (exact) mass is 372 g/mol. The first kappa shape index (κ1) is 20.2. The molecule has 0 saturated carbocycles. The predicted octanol–water partition coefficient (Wildman–Crippen LogP) is 2.38. The highest BCUT2D eigenvalue weighted by Gasteiger charge is 2.21. The third-order valence-electron chi connectivity index (χ3n) is 3.88. The zero-order valence-corrected chi connectivity index (χ0v) is 15.5. The maximum Gasteiger partial charge on any atom is 0.306 e. The van der Waals surface area contributed by atoms with Crippen molar-refractivity contribution in [2.75, 3.05) is 13.6 Å². The van der Waals surface area contributed by atoms with Crippen LogP contribution in [-0.4, -0.2) is 42.4 Å². The molecule has 2 rings (SSSR count). The number of esters is 1. The summed E-state index contributed by atoms with van der Waals surface area (Å²) in [6, 6.07) is 12.8. The number of rotatable bonds is 9. The Bertz CT molecular complexity index is 743. The van der Waals surface area contributed by atoms with Gasteiger partial charge >= 0.3 is 5.97 Å². The van der Waals surface area contributed by atoms with E-state index in [-0.39, 0.29) is 24.0 Å². The molecule has 27 heavy (non-hydrogen) atoms. The summed E-state index contributed by atoms with van der Waals surface area (Å²) in [5.41, 5.74) is 0.999. The summed E-state index contributed by atoms with van der Waals surface area (Å²) >= 11 is 0. The van der Waals surface area contributed by atoms with E-state index < -0.39 is 12.1 Å². The highest BCUT2D eigenvalue weighted by molar-refractivity contribution is 5.91. The first-order chi connectivity index (χ1) is 13.0. The average molecular weight is 372 g/mol. The number of furan rings is 1. The fourth-order valence-corrected chi connectivity index (χ4v) is 2.48. The Morgan fingerprint density at radius 1 is 1.15 bits per heavy atom. The van der Waals surface area contributed by atoms with Gasteiger partial charge in [-0.15, -0.1) is 0 Å². The number of ether oxygens (including phenoxy) is 1. The Hall–Kier alpha value is -3.09. The normalized spacial score (nSPS) is 11.5. The van der Waals surface area contributed by atoms with Crippen molar-refractivity contribution in [3.63, 3.8) is 0 Å². The summed E-state index contributed by atoms with van der Waals surface area (Å²) in [5.74, 6) is -0.854. The third kappa shape index (κ3) is 6.62. The van der Waals surface area contributed by atoms with Crippen LogP contribution in [0.4, 0.5) is 0 Å². The smallest absolute Gasteiger partial charge is 0.306 e. The number of likely N-dealkylation sites (N-methyl/N-ethyl adjacent to an activating group) is 1. The van der Waals surface area contributed by atoms with Crippen molar-refractivity contribution < 1.29 is 23.5 Å². The van der Waals surface area contributed by atoms with E-state index in [4.69, 9.17) is 9.15 Å². The molecule has 1 heterocycles.